The minimum absolute atomic E-state index is 0.296. The van der Waals surface area contributed by atoms with E-state index in [1.165, 1.54) is 16.7 Å². The molecule has 0 saturated carbocycles. The summed E-state index contributed by atoms with van der Waals surface area (Å²) >= 11 is 1.41. The van der Waals surface area contributed by atoms with Gasteiger partial charge in [0.05, 0.1) is 0 Å². The zero-order valence-electron chi connectivity index (χ0n) is 7.31. The van der Waals surface area contributed by atoms with Crippen LogP contribution >= 0.6 is 11.8 Å². The summed E-state index contributed by atoms with van der Waals surface area (Å²) in [6.07, 6.45) is 3.72. The second-order valence-corrected chi connectivity index (χ2v) is 5.27. The first-order valence-electron chi connectivity index (χ1n) is 3.87. The maximum Gasteiger partial charge on any atom is 0.197 e. The van der Waals surface area contributed by atoms with Crippen LogP contribution in [0.25, 0.3) is 0 Å². The fourth-order valence-electron chi connectivity index (χ4n) is 1.06. The summed E-state index contributed by atoms with van der Waals surface area (Å²) in [7, 11) is 0. The summed E-state index contributed by atoms with van der Waals surface area (Å²) in [6.45, 7) is 6.57. The number of carbonyl (C=O) groups excluding carboxylic acids is 1. The van der Waals surface area contributed by atoms with E-state index in [9.17, 15) is 4.79 Å². The molecule has 0 fully saturated rings. The summed E-state index contributed by atoms with van der Waals surface area (Å²) < 4.78 is 0. The molecule has 62 valence electrons. The number of rotatable bonds is 1. The molecule has 0 bridgehead atoms. The lowest BCUT2D eigenvalue weighted by Crippen LogP contribution is -2.04. The summed E-state index contributed by atoms with van der Waals surface area (Å²) in [4.78, 5) is 12.1. The summed E-state index contributed by atoms with van der Waals surface area (Å²) in [5.41, 5.74) is 0.309. The van der Waals surface area contributed by atoms with Crippen LogP contribution in [-0.4, -0.2) is 5.12 Å². The average Bonchev–Trinajstić information content (AvgIpc) is 2.10. The minimum atomic E-state index is 0.296. The van der Waals surface area contributed by atoms with Crippen molar-refractivity contribution < 1.29 is 4.79 Å². The van der Waals surface area contributed by atoms with Crippen LogP contribution in [0.4, 0.5) is 0 Å². The molecule has 11 heavy (non-hydrogen) atoms. The molecule has 0 N–H and O–H groups in total. The Hall–Kier alpha value is -0.240. The monoisotopic (exact) mass is 170 g/mol. The maximum absolute atomic E-state index is 10.9. The first-order valence-corrected chi connectivity index (χ1v) is 4.69. The van der Waals surface area contributed by atoms with Crippen LogP contribution in [0.2, 0.25) is 0 Å². The van der Waals surface area contributed by atoms with Crippen LogP contribution in [0, 0.1) is 5.41 Å². The largest absolute Gasteiger partial charge is 0.287 e. The smallest absolute Gasteiger partial charge is 0.197 e. The number of carbonyl (C=O) groups is 1. The van der Waals surface area contributed by atoms with E-state index in [4.69, 9.17) is 0 Å². The number of hydrogen-bond donors (Lipinski definition) is 0. The standard InChI is InChI=1S/C9H14OS/c1-9(2,3)6-7-4-5-8(10)11-7/h4H,5-6H2,1-3H3. The van der Waals surface area contributed by atoms with Gasteiger partial charge in [-0.25, -0.2) is 0 Å². The van der Waals surface area contributed by atoms with Gasteiger partial charge in [-0.15, -0.1) is 0 Å². The van der Waals surface area contributed by atoms with E-state index in [1.807, 2.05) is 0 Å². The van der Waals surface area contributed by atoms with Crippen LogP contribution in [0.1, 0.15) is 33.6 Å². The van der Waals surface area contributed by atoms with Crippen molar-refractivity contribution in [2.45, 2.75) is 33.6 Å². The molecule has 0 radical (unpaired) electrons. The molecule has 0 saturated heterocycles. The first-order chi connectivity index (χ1) is 4.97. The van der Waals surface area contributed by atoms with Gasteiger partial charge in [0.25, 0.3) is 0 Å². The highest BCUT2D eigenvalue weighted by molar-refractivity contribution is 8.17. The molecular formula is C9H14OS. The Kier molecular flexibility index (Phi) is 2.43. The van der Waals surface area contributed by atoms with Gasteiger partial charge < -0.3 is 0 Å². The molecule has 0 unspecified atom stereocenters. The minimum Gasteiger partial charge on any atom is -0.287 e. The van der Waals surface area contributed by atoms with Crippen LogP contribution in [0.5, 0.6) is 0 Å². The van der Waals surface area contributed by atoms with Gasteiger partial charge in [0.2, 0.25) is 0 Å². The molecule has 1 aliphatic heterocycles. The van der Waals surface area contributed by atoms with Gasteiger partial charge in [-0.3, -0.25) is 4.79 Å². The van der Waals surface area contributed by atoms with Gasteiger partial charge in [0.1, 0.15) is 0 Å². The van der Waals surface area contributed by atoms with E-state index in [2.05, 4.69) is 26.8 Å². The van der Waals surface area contributed by atoms with Crippen LogP contribution < -0.4 is 0 Å². The molecule has 2 heteroatoms. The predicted octanol–water partition coefficient (Wildman–Crippen LogP) is 2.97. The fourth-order valence-corrected chi connectivity index (χ4v) is 2.19. The van der Waals surface area contributed by atoms with Crippen LogP contribution in [0.3, 0.4) is 0 Å². The van der Waals surface area contributed by atoms with Gasteiger partial charge in [-0.2, -0.15) is 0 Å². The summed E-state index contributed by atoms with van der Waals surface area (Å²) in [5.74, 6) is 0. The van der Waals surface area contributed by atoms with Crippen molar-refractivity contribution >= 4 is 16.9 Å². The van der Waals surface area contributed by atoms with E-state index in [-0.39, 0.29) is 0 Å². The Labute approximate surface area is 72.2 Å². The van der Waals surface area contributed by atoms with Crippen molar-refractivity contribution in [2.24, 2.45) is 5.41 Å². The highest BCUT2D eigenvalue weighted by atomic mass is 32.2. The van der Waals surface area contributed by atoms with Crippen molar-refractivity contribution in [1.29, 1.82) is 0 Å². The maximum atomic E-state index is 10.9. The van der Waals surface area contributed by atoms with Crippen LogP contribution in [0.15, 0.2) is 11.0 Å². The molecule has 0 aromatic rings. The van der Waals surface area contributed by atoms with Crippen molar-refractivity contribution in [3.63, 3.8) is 0 Å². The van der Waals surface area contributed by atoms with Crippen molar-refractivity contribution in [3.8, 4) is 0 Å². The first kappa shape index (κ1) is 8.85. The molecule has 0 aromatic carbocycles. The highest BCUT2D eigenvalue weighted by Gasteiger charge is 2.19. The van der Waals surface area contributed by atoms with E-state index >= 15 is 0 Å². The quantitative estimate of drug-likeness (QED) is 0.602. The van der Waals surface area contributed by atoms with Crippen molar-refractivity contribution in [2.75, 3.05) is 0 Å². The van der Waals surface area contributed by atoms with Gasteiger partial charge >= 0.3 is 0 Å². The second-order valence-electron chi connectivity index (χ2n) is 4.09. The van der Waals surface area contributed by atoms with Gasteiger partial charge in [-0.1, -0.05) is 38.6 Å². The third-order valence-electron chi connectivity index (χ3n) is 1.45. The highest BCUT2D eigenvalue weighted by Crippen LogP contribution is 2.35. The van der Waals surface area contributed by atoms with Crippen molar-refractivity contribution in [3.05, 3.63) is 11.0 Å². The Balaban J connectivity index is 2.46. The number of allylic oxidation sites excluding steroid dienone is 2. The zero-order chi connectivity index (χ0) is 8.48. The molecule has 1 nitrogen and oxygen atoms in total. The third-order valence-corrected chi connectivity index (χ3v) is 2.41. The molecule has 0 spiro atoms. The molecule has 1 rings (SSSR count). The number of thioether (sulfide) groups is 1. The lowest BCUT2D eigenvalue weighted by Gasteiger charge is -2.17. The molecule has 0 atom stereocenters. The normalized spacial score (nSPS) is 18.8. The Bertz CT molecular complexity index is 198. The summed E-state index contributed by atoms with van der Waals surface area (Å²) in [5, 5.41) is 0.296. The molecule has 0 aromatic heterocycles. The van der Waals surface area contributed by atoms with E-state index in [0.29, 0.717) is 17.0 Å². The third kappa shape index (κ3) is 3.10. The number of hydrogen-bond acceptors (Lipinski definition) is 2. The second kappa shape index (κ2) is 3.02. The average molecular weight is 170 g/mol. The molecule has 1 aliphatic rings. The molecule has 0 amide bonds. The Morgan fingerprint density at radius 2 is 2.18 bits per heavy atom. The SMILES string of the molecule is CC(C)(C)CC1=CCC(=O)S1. The van der Waals surface area contributed by atoms with Gasteiger partial charge in [0.15, 0.2) is 5.12 Å². The molecular weight excluding hydrogens is 156 g/mol. The zero-order valence-corrected chi connectivity index (χ0v) is 8.12. The van der Waals surface area contributed by atoms with E-state index in [1.54, 1.807) is 0 Å². The Morgan fingerprint density at radius 3 is 2.55 bits per heavy atom. The predicted molar refractivity (Wildman–Crippen MR) is 49.4 cm³/mol. The fraction of sp³-hybridized carbons (Fsp3) is 0.667. The van der Waals surface area contributed by atoms with Gasteiger partial charge in [0, 0.05) is 6.42 Å². The van der Waals surface area contributed by atoms with Crippen LogP contribution in [-0.2, 0) is 4.79 Å². The Morgan fingerprint density at radius 1 is 1.55 bits per heavy atom. The topological polar surface area (TPSA) is 17.1 Å². The molecule has 1 heterocycles. The lowest BCUT2D eigenvalue weighted by atomic mass is 9.92. The van der Waals surface area contributed by atoms with Gasteiger partial charge in [-0.05, 0) is 16.7 Å². The molecule has 0 aliphatic carbocycles. The van der Waals surface area contributed by atoms with E-state index < -0.39 is 0 Å². The summed E-state index contributed by atoms with van der Waals surface area (Å²) in [6, 6.07) is 0. The lowest BCUT2D eigenvalue weighted by molar-refractivity contribution is -0.110. The van der Waals surface area contributed by atoms with E-state index in [0.717, 1.165) is 6.42 Å². The van der Waals surface area contributed by atoms with Crippen molar-refractivity contribution in [1.82, 2.24) is 0 Å².